The lowest BCUT2D eigenvalue weighted by atomic mass is 9.85. The second-order valence-electron chi connectivity index (χ2n) is 16.4. The third-order valence-electron chi connectivity index (χ3n) is 13.1. The standard InChI is InChI=1S/C58H41N/c1-2-13-38(14-3-1)33-44-26-25-39-15-4-5-18-46(39)54-35-42(27-30-47(44)54)43-29-32-58-56(37-43)53-23-10-11-24-57(53)59(58)45-17-12-16-40(34-45)41-28-31-52-50-21-7-6-19-48(50)49-20-8-9-22-51(49)55(52)36-41/h1-24,27-32,34-37,44H,25-26,33H2. The highest BCUT2D eigenvalue weighted by Gasteiger charge is 2.24. The molecule has 0 amide bonds. The van der Waals surface area contributed by atoms with Crippen molar-refractivity contribution in [3.8, 4) is 39.1 Å². The topological polar surface area (TPSA) is 4.93 Å². The molecule has 0 radical (unpaired) electrons. The summed E-state index contributed by atoms with van der Waals surface area (Å²) in [6.45, 7) is 0. The van der Waals surface area contributed by atoms with Gasteiger partial charge < -0.3 is 4.57 Å². The lowest BCUT2D eigenvalue weighted by Gasteiger charge is -2.19. The first kappa shape index (κ1) is 33.9. The molecule has 1 aliphatic rings. The van der Waals surface area contributed by atoms with Gasteiger partial charge in [0.25, 0.3) is 0 Å². The number of hydrogen-bond donors (Lipinski definition) is 0. The molecule has 0 bridgehead atoms. The van der Waals surface area contributed by atoms with E-state index in [4.69, 9.17) is 0 Å². The van der Waals surface area contributed by atoms with Crippen LogP contribution in [0.25, 0.3) is 93.2 Å². The second kappa shape index (κ2) is 13.7. The summed E-state index contributed by atoms with van der Waals surface area (Å²) in [5, 5.41) is 10.3. The van der Waals surface area contributed by atoms with Gasteiger partial charge in [0.15, 0.2) is 0 Å². The van der Waals surface area contributed by atoms with Gasteiger partial charge in [0.2, 0.25) is 0 Å². The monoisotopic (exact) mass is 751 g/mol. The molecule has 1 nitrogen and oxygen atoms in total. The molecule has 0 saturated heterocycles. The van der Waals surface area contributed by atoms with Crippen LogP contribution in [-0.2, 0) is 12.8 Å². The Bertz CT molecular complexity index is 3390. The van der Waals surface area contributed by atoms with Crippen LogP contribution in [0, 0.1) is 0 Å². The lowest BCUT2D eigenvalue weighted by molar-refractivity contribution is 0.629. The maximum atomic E-state index is 2.47. The molecule has 0 N–H and O–H groups in total. The van der Waals surface area contributed by atoms with Crippen molar-refractivity contribution in [2.24, 2.45) is 0 Å². The van der Waals surface area contributed by atoms with E-state index < -0.39 is 0 Å². The van der Waals surface area contributed by atoms with Gasteiger partial charge in [0.05, 0.1) is 11.0 Å². The summed E-state index contributed by atoms with van der Waals surface area (Å²) < 4.78 is 2.45. The van der Waals surface area contributed by atoms with E-state index in [0.717, 1.165) is 24.9 Å². The van der Waals surface area contributed by atoms with Gasteiger partial charge in [-0.2, -0.15) is 0 Å². The molecule has 11 aromatic rings. The Morgan fingerprint density at radius 3 is 1.75 bits per heavy atom. The van der Waals surface area contributed by atoms with Gasteiger partial charge in [0.1, 0.15) is 0 Å². The average Bonchev–Trinajstić information content (AvgIpc) is 3.56. The Morgan fingerprint density at radius 1 is 0.373 bits per heavy atom. The van der Waals surface area contributed by atoms with Crippen molar-refractivity contribution in [2.75, 3.05) is 0 Å². The van der Waals surface area contributed by atoms with Crippen LogP contribution in [0.4, 0.5) is 0 Å². The summed E-state index contributed by atoms with van der Waals surface area (Å²) in [7, 11) is 0. The molecule has 1 aliphatic carbocycles. The molecule has 1 heteroatoms. The van der Waals surface area contributed by atoms with Gasteiger partial charge in [-0.3, -0.25) is 0 Å². The van der Waals surface area contributed by atoms with Gasteiger partial charge in [0, 0.05) is 16.5 Å². The van der Waals surface area contributed by atoms with E-state index in [2.05, 4.69) is 211 Å². The van der Waals surface area contributed by atoms with E-state index in [0.29, 0.717) is 5.92 Å². The molecule has 1 aromatic heterocycles. The highest BCUT2D eigenvalue weighted by molar-refractivity contribution is 6.25. The van der Waals surface area contributed by atoms with E-state index in [9.17, 15) is 0 Å². The first-order valence-corrected chi connectivity index (χ1v) is 21.0. The van der Waals surface area contributed by atoms with Crippen LogP contribution in [0.1, 0.15) is 29.0 Å². The largest absolute Gasteiger partial charge is 0.309 e. The van der Waals surface area contributed by atoms with Gasteiger partial charge in [-0.1, -0.05) is 164 Å². The number of hydrogen-bond acceptors (Lipinski definition) is 0. The smallest absolute Gasteiger partial charge is 0.0541 e. The summed E-state index contributed by atoms with van der Waals surface area (Å²) in [5.41, 5.74) is 15.6. The number of nitrogens with zero attached hydrogens (tertiary/aromatic N) is 1. The fourth-order valence-electron chi connectivity index (χ4n) is 10.3. The number of rotatable bonds is 5. The van der Waals surface area contributed by atoms with Crippen molar-refractivity contribution in [2.45, 2.75) is 25.2 Å². The van der Waals surface area contributed by atoms with Crippen LogP contribution in [-0.4, -0.2) is 4.57 Å². The van der Waals surface area contributed by atoms with E-state index in [-0.39, 0.29) is 0 Å². The molecule has 1 heterocycles. The highest BCUT2D eigenvalue weighted by atomic mass is 15.0. The Labute approximate surface area is 344 Å². The van der Waals surface area contributed by atoms with Crippen LogP contribution in [0.2, 0.25) is 0 Å². The molecular formula is C58H41N. The number of benzene rings is 10. The Hall–Kier alpha value is -7.22. The van der Waals surface area contributed by atoms with Crippen LogP contribution < -0.4 is 0 Å². The van der Waals surface area contributed by atoms with Crippen LogP contribution in [0.15, 0.2) is 206 Å². The number of aromatic nitrogens is 1. The van der Waals surface area contributed by atoms with Crippen LogP contribution in [0.5, 0.6) is 0 Å². The fourth-order valence-corrected chi connectivity index (χ4v) is 10.3. The van der Waals surface area contributed by atoms with Crippen molar-refractivity contribution in [3.63, 3.8) is 0 Å². The Kier molecular flexibility index (Phi) is 7.88. The minimum absolute atomic E-state index is 0.471. The summed E-state index contributed by atoms with van der Waals surface area (Å²) in [4.78, 5) is 0. The maximum Gasteiger partial charge on any atom is 0.0541 e. The zero-order chi connectivity index (χ0) is 38.9. The van der Waals surface area contributed by atoms with Gasteiger partial charge >= 0.3 is 0 Å². The van der Waals surface area contributed by atoms with E-state index in [1.54, 1.807) is 0 Å². The van der Waals surface area contributed by atoms with Gasteiger partial charge in [-0.25, -0.2) is 0 Å². The second-order valence-corrected chi connectivity index (χ2v) is 16.4. The molecule has 0 fully saturated rings. The summed E-state index contributed by atoms with van der Waals surface area (Å²) in [6.07, 6.45) is 3.31. The average molecular weight is 752 g/mol. The molecule has 12 rings (SSSR count). The summed E-state index contributed by atoms with van der Waals surface area (Å²) in [5.74, 6) is 0.471. The quantitative estimate of drug-likeness (QED) is 0.154. The van der Waals surface area contributed by atoms with Crippen molar-refractivity contribution in [3.05, 3.63) is 223 Å². The molecule has 0 aliphatic heterocycles. The molecule has 278 valence electrons. The summed E-state index contributed by atoms with van der Waals surface area (Å²) >= 11 is 0. The molecule has 59 heavy (non-hydrogen) atoms. The first-order valence-electron chi connectivity index (χ1n) is 21.0. The van der Waals surface area contributed by atoms with Crippen LogP contribution >= 0.6 is 0 Å². The molecular weight excluding hydrogens is 711 g/mol. The van der Waals surface area contributed by atoms with Gasteiger partial charge in [-0.15, -0.1) is 0 Å². The summed E-state index contributed by atoms with van der Waals surface area (Å²) in [6, 6.07) is 77.0. The fraction of sp³-hybridized carbons (Fsp3) is 0.0690. The van der Waals surface area contributed by atoms with Crippen molar-refractivity contribution in [1.82, 2.24) is 4.57 Å². The number of aryl methyl sites for hydroxylation is 1. The highest BCUT2D eigenvalue weighted by Crippen LogP contribution is 2.43. The maximum absolute atomic E-state index is 2.47. The number of para-hydroxylation sites is 1. The Morgan fingerprint density at radius 2 is 0.949 bits per heavy atom. The third-order valence-corrected chi connectivity index (χ3v) is 13.1. The first-order chi connectivity index (χ1) is 29.2. The molecule has 1 atom stereocenters. The third kappa shape index (κ3) is 5.61. The van der Waals surface area contributed by atoms with E-state index in [1.165, 1.54) is 104 Å². The van der Waals surface area contributed by atoms with Crippen LogP contribution in [0.3, 0.4) is 0 Å². The van der Waals surface area contributed by atoms with Crippen molar-refractivity contribution < 1.29 is 0 Å². The van der Waals surface area contributed by atoms with E-state index >= 15 is 0 Å². The molecule has 0 saturated carbocycles. The SMILES string of the molecule is c1ccc(CC2CCc3ccccc3-c3cc(-c4ccc5c(c4)c4ccccc4n5-c4cccc(-c5ccc6c7ccccc7c7ccccc7c6c5)c4)ccc32)cc1. The van der Waals surface area contributed by atoms with E-state index in [1.807, 2.05) is 0 Å². The zero-order valence-corrected chi connectivity index (χ0v) is 32.8. The number of fused-ring (bicyclic) bond motifs is 12. The minimum atomic E-state index is 0.471. The molecule has 10 aromatic carbocycles. The van der Waals surface area contributed by atoms with Crippen molar-refractivity contribution in [1.29, 1.82) is 0 Å². The molecule has 0 spiro atoms. The van der Waals surface area contributed by atoms with Gasteiger partial charge in [-0.05, 0) is 150 Å². The molecule has 1 unspecified atom stereocenters. The normalized spacial score (nSPS) is 13.9. The predicted octanol–water partition coefficient (Wildman–Crippen LogP) is 15.5. The lowest BCUT2D eigenvalue weighted by Crippen LogP contribution is -2.04. The minimum Gasteiger partial charge on any atom is -0.309 e. The van der Waals surface area contributed by atoms with Crippen molar-refractivity contribution >= 4 is 54.1 Å². The predicted molar refractivity (Wildman–Crippen MR) is 251 cm³/mol. The Balaban J connectivity index is 0.971. The zero-order valence-electron chi connectivity index (χ0n) is 32.8.